The highest BCUT2D eigenvalue weighted by Gasteiger charge is 2.32. The number of carbonyl (C=O) groups is 1. The lowest BCUT2D eigenvalue weighted by atomic mass is 10.1. The van der Waals surface area contributed by atoms with Crippen LogP contribution in [0.2, 0.25) is 0 Å². The van der Waals surface area contributed by atoms with Crippen molar-refractivity contribution in [2.24, 2.45) is 0 Å². The minimum Gasteiger partial charge on any atom is -0.305 e. The summed E-state index contributed by atoms with van der Waals surface area (Å²) in [6.07, 6.45) is -2.84. The number of fused-ring (bicyclic) bond motifs is 1. The number of carbonyl (C=O) groups excluding carboxylic acids is 1. The number of hydrogen-bond donors (Lipinski definition) is 0. The van der Waals surface area contributed by atoms with Crippen molar-refractivity contribution < 1.29 is 18.0 Å². The van der Waals surface area contributed by atoms with Crippen LogP contribution >= 0.6 is 13.5 Å². The van der Waals surface area contributed by atoms with E-state index in [4.69, 9.17) is 0 Å². The largest absolute Gasteiger partial charge is 0.416 e. The van der Waals surface area contributed by atoms with Crippen LogP contribution in [-0.4, -0.2) is 22.2 Å². The summed E-state index contributed by atoms with van der Waals surface area (Å²) in [5.74, 6) is -0.259. The standard InChI is InChI=1S/C14H12F3N3O.H2S/c1-9-8-19(13(21)12-6-7-18-20(9)12)11-4-2-10(3-5-11)14(15,16)17;/h2-7,9H,8H2,1H3;1H2/t9-;/m0./s1. The predicted octanol–water partition coefficient (Wildman–Crippen LogP) is 3.24. The van der Waals surface area contributed by atoms with Crippen LogP contribution in [0.5, 0.6) is 0 Å². The SMILES string of the molecule is C[C@H]1CN(c2ccc(C(F)(F)F)cc2)C(=O)c2ccnn21.S. The molecule has 4 nitrogen and oxygen atoms in total. The van der Waals surface area contributed by atoms with Crippen LogP contribution < -0.4 is 4.90 Å². The zero-order valence-corrected chi connectivity index (χ0v) is 12.6. The van der Waals surface area contributed by atoms with Crippen molar-refractivity contribution in [2.45, 2.75) is 19.1 Å². The summed E-state index contributed by atoms with van der Waals surface area (Å²) in [5, 5.41) is 4.08. The van der Waals surface area contributed by atoms with Gasteiger partial charge in [0.25, 0.3) is 5.91 Å². The summed E-state index contributed by atoms with van der Waals surface area (Å²) in [6.45, 7) is 2.28. The van der Waals surface area contributed by atoms with Gasteiger partial charge in [-0.2, -0.15) is 31.8 Å². The zero-order chi connectivity index (χ0) is 15.2. The van der Waals surface area contributed by atoms with E-state index >= 15 is 0 Å². The maximum atomic E-state index is 12.6. The van der Waals surface area contributed by atoms with Crippen molar-refractivity contribution in [3.8, 4) is 0 Å². The molecule has 0 aliphatic carbocycles. The fraction of sp³-hybridized carbons (Fsp3) is 0.286. The molecule has 3 rings (SSSR count). The van der Waals surface area contributed by atoms with Gasteiger partial charge in [-0.3, -0.25) is 9.48 Å². The first kappa shape index (κ1) is 16.4. The molecular formula is C14H14F3N3OS. The molecule has 0 unspecified atom stereocenters. The van der Waals surface area contributed by atoms with Gasteiger partial charge < -0.3 is 4.90 Å². The molecule has 0 N–H and O–H groups in total. The second-order valence-corrected chi connectivity index (χ2v) is 4.97. The van der Waals surface area contributed by atoms with Crippen LogP contribution in [0.15, 0.2) is 36.5 Å². The maximum absolute atomic E-state index is 12.6. The Morgan fingerprint density at radius 3 is 2.41 bits per heavy atom. The molecule has 1 aliphatic rings. The van der Waals surface area contributed by atoms with Crippen molar-refractivity contribution in [3.63, 3.8) is 0 Å². The molecule has 1 aliphatic heterocycles. The summed E-state index contributed by atoms with van der Waals surface area (Å²) < 4.78 is 39.3. The van der Waals surface area contributed by atoms with Gasteiger partial charge in [0.1, 0.15) is 5.69 Å². The molecule has 0 saturated heterocycles. The average Bonchev–Trinajstić information content (AvgIpc) is 2.92. The van der Waals surface area contributed by atoms with E-state index < -0.39 is 11.7 Å². The third-order valence-electron chi connectivity index (χ3n) is 3.51. The second kappa shape index (κ2) is 5.68. The molecule has 8 heteroatoms. The Morgan fingerprint density at radius 2 is 1.82 bits per heavy atom. The van der Waals surface area contributed by atoms with E-state index in [2.05, 4.69) is 5.10 Å². The zero-order valence-electron chi connectivity index (χ0n) is 11.6. The number of aromatic nitrogens is 2. The highest BCUT2D eigenvalue weighted by Crippen LogP contribution is 2.32. The van der Waals surface area contributed by atoms with Gasteiger partial charge in [0.15, 0.2) is 0 Å². The van der Waals surface area contributed by atoms with Crippen molar-refractivity contribution >= 4 is 25.1 Å². The number of nitrogens with zero attached hydrogens (tertiary/aromatic N) is 3. The predicted molar refractivity (Wildman–Crippen MR) is 80.4 cm³/mol. The Kier molecular flexibility index (Phi) is 4.23. The highest BCUT2D eigenvalue weighted by atomic mass is 32.1. The molecule has 1 aromatic heterocycles. The van der Waals surface area contributed by atoms with Crippen LogP contribution in [-0.2, 0) is 6.18 Å². The van der Waals surface area contributed by atoms with E-state index in [-0.39, 0.29) is 25.4 Å². The Labute approximate surface area is 132 Å². The molecule has 0 saturated carbocycles. The fourth-order valence-corrected chi connectivity index (χ4v) is 2.45. The van der Waals surface area contributed by atoms with Gasteiger partial charge in [-0.1, -0.05) is 0 Å². The lowest BCUT2D eigenvalue weighted by Crippen LogP contribution is -2.42. The van der Waals surface area contributed by atoms with Gasteiger partial charge >= 0.3 is 6.18 Å². The van der Waals surface area contributed by atoms with Gasteiger partial charge in [-0.25, -0.2) is 0 Å². The van der Waals surface area contributed by atoms with Crippen molar-refractivity contribution in [2.75, 3.05) is 11.4 Å². The second-order valence-electron chi connectivity index (χ2n) is 4.97. The van der Waals surface area contributed by atoms with Crippen LogP contribution in [0.1, 0.15) is 29.0 Å². The molecule has 0 radical (unpaired) electrons. The topological polar surface area (TPSA) is 38.1 Å². The van der Waals surface area contributed by atoms with E-state index in [1.54, 1.807) is 16.9 Å². The van der Waals surface area contributed by atoms with E-state index in [1.165, 1.54) is 17.0 Å². The molecule has 0 bridgehead atoms. The van der Waals surface area contributed by atoms with E-state index in [0.29, 0.717) is 17.9 Å². The minimum absolute atomic E-state index is 0. The molecule has 0 fully saturated rings. The van der Waals surface area contributed by atoms with Crippen molar-refractivity contribution in [1.82, 2.24) is 9.78 Å². The summed E-state index contributed by atoms with van der Waals surface area (Å²) in [6, 6.07) is 6.18. The third-order valence-corrected chi connectivity index (χ3v) is 3.51. The number of rotatable bonds is 1. The van der Waals surface area contributed by atoms with Crippen LogP contribution in [0.25, 0.3) is 0 Å². The number of hydrogen-bond acceptors (Lipinski definition) is 2. The quantitative estimate of drug-likeness (QED) is 0.805. The fourth-order valence-electron chi connectivity index (χ4n) is 2.45. The molecular weight excluding hydrogens is 315 g/mol. The lowest BCUT2D eigenvalue weighted by Gasteiger charge is -2.32. The molecule has 22 heavy (non-hydrogen) atoms. The molecule has 118 valence electrons. The van der Waals surface area contributed by atoms with Gasteiger partial charge in [-0.05, 0) is 37.3 Å². The minimum atomic E-state index is -4.38. The Bertz CT molecular complexity index is 681. The van der Waals surface area contributed by atoms with Crippen molar-refractivity contribution in [1.29, 1.82) is 0 Å². The smallest absolute Gasteiger partial charge is 0.305 e. The summed E-state index contributed by atoms with van der Waals surface area (Å²) in [5.41, 5.74) is 0.162. The first-order valence-electron chi connectivity index (χ1n) is 6.40. The van der Waals surface area contributed by atoms with Crippen molar-refractivity contribution in [3.05, 3.63) is 47.8 Å². The number of benzene rings is 1. The lowest BCUT2D eigenvalue weighted by molar-refractivity contribution is -0.137. The molecule has 1 aromatic carbocycles. The van der Waals surface area contributed by atoms with Gasteiger partial charge in [0.2, 0.25) is 0 Å². The number of amides is 1. The molecule has 0 spiro atoms. The van der Waals surface area contributed by atoms with Gasteiger partial charge in [-0.15, -0.1) is 0 Å². The van der Waals surface area contributed by atoms with Gasteiger partial charge in [0.05, 0.1) is 11.6 Å². The highest BCUT2D eigenvalue weighted by molar-refractivity contribution is 7.59. The third kappa shape index (κ3) is 2.70. The number of alkyl halides is 3. The Balaban J connectivity index is 0.00000176. The first-order chi connectivity index (χ1) is 9.88. The monoisotopic (exact) mass is 329 g/mol. The van der Waals surface area contributed by atoms with Crippen LogP contribution in [0.3, 0.4) is 0 Å². The Hall–Kier alpha value is -1.96. The Morgan fingerprint density at radius 1 is 1.18 bits per heavy atom. The van der Waals surface area contributed by atoms with Crippen LogP contribution in [0, 0.1) is 0 Å². The molecule has 1 atom stereocenters. The van der Waals surface area contributed by atoms with E-state index in [9.17, 15) is 18.0 Å². The van der Waals surface area contributed by atoms with Gasteiger partial charge in [0, 0.05) is 18.4 Å². The average molecular weight is 329 g/mol. The maximum Gasteiger partial charge on any atom is 0.416 e. The summed E-state index contributed by atoms with van der Waals surface area (Å²) in [7, 11) is 0. The van der Waals surface area contributed by atoms with E-state index in [0.717, 1.165) is 12.1 Å². The molecule has 2 heterocycles. The van der Waals surface area contributed by atoms with Crippen LogP contribution in [0.4, 0.5) is 18.9 Å². The summed E-state index contributed by atoms with van der Waals surface area (Å²) in [4.78, 5) is 13.8. The number of anilines is 1. The van der Waals surface area contributed by atoms with E-state index in [1.807, 2.05) is 6.92 Å². The normalized spacial score (nSPS) is 17.9. The molecule has 2 aromatic rings. The molecule has 1 amide bonds. The summed E-state index contributed by atoms with van der Waals surface area (Å²) >= 11 is 0. The number of halogens is 3. The first-order valence-corrected chi connectivity index (χ1v) is 6.40.